The Labute approximate surface area is 183 Å². The first-order valence-electron chi connectivity index (χ1n) is 9.37. The summed E-state index contributed by atoms with van der Waals surface area (Å²) in [5.74, 6) is 2.84. The fraction of sp³-hybridized carbons (Fsp3) is 0.182. The summed E-state index contributed by atoms with van der Waals surface area (Å²) in [5, 5.41) is 21.8. The van der Waals surface area contributed by atoms with Gasteiger partial charge in [0.1, 0.15) is 18.4 Å². The summed E-state index contributed by atoms with van der Waals surface area (Å²) in [6.07, 6.45) is 0.124. The molecule has 1 atom stereocenters. The number of hydroxylamine groups is 1. The van der Waals surface area contributed by atoms with Gasteiger partial charge >= 0.3 is 0 Å². The molecule has 0 aliphatic rings. The zero-order valence-corrected chi connectivity index (χ0v) is 16.8. The second-order valence-corrected chi connectivity index (χ2v) is 6.49. The fourth-order valence-electron chi connectivity index (χ4n) is 2.54. The number of hydrogen-bond acceptors (Lipinski definition) is 6. The first-order valence-corrected chi connectivity index (χ1v) is 9.37. The Morgan fingerprint density at radius 2 is 1.84 bits per heavy atom. The maximum atomic E-state index is 14.4. The number of nitrogens with one attached hydrogen (secondary N) is 3. The molecule has 0 aromatic heterocycles. The average molecular weight is 437 g/mol. The molecule has 0 radical (unpaired) electrons. The highest BCUT2D eigenvalue weighted by Crippen LogP contribution is 2.11. The molecule has 0 aliphatic heterocycles. The van der Waals surface area contributed by atoms with Crippen molar-refractivity contribution in [2.24, 2.45) is 5.73 Å². The highest BCUT2D eigenvalue weighted by atomic mass is 19.1. The summed E-state index contributed by atoms with van der Waals surface area (Å²) >= 11 is 0. The van der Waals surface area contributed by atoms with Gasteiger partial charge in [-0.15, -0.1) is 0 Å². The van der Waals surface area contributed by atoms with Crippen molar-refractivity contribution in [3.8, 4) is 17.9 Å². The summed E-state index contributed by atoms with van der Waals surface area (Å²) in [7, 11) is 0. The summed E-state index contributed by atoms with van der Waals surface area (Å²) in [5.41, 5.74) is 8.10. The second-order valence-electron chi connectivity index (χ2n) is 6.49. The molecule has 6 N–H and O–H groups in total. The zero-order valence-electron chi connectivity index (χ0n) is 16.8. The van der Waals surface area contributed by atoms with Crippen LogP contribution < -0.4 is 21.8 Å². The highest BCUT2D eigenvalue weighted by Gasteiger charge is 2.20. The van der Waals surface area contributed by atoms with E-state index in [-0.39, 0.29) is 36.5 Å². The Kier molecular flexibility index (Phi) is 8.87. The quantitative estimate of drug-likeness (QED) is 0.177. The van der Waals surface area contributed by atoms with Crippen LogP contribution in [0.15, 0.2) is 42.5 Å². The molecule has 0 unspecified atom stereocenters. The number of halogens is 1. The minimum atomic E-state index is -1.17. The van der Waals surface area contributed by atoms with Crippen LogP contribution in [0.25, 0.3) is 0 Å². The molecule has 32 heavy (non-hydrogen) atoms. The smallest absolute Gasteiger partial charge is 0.267 e. The van der Waals surface area contributed by atoms with E-state index in [1.165, 1.54) is 17.6 Å². The lowest BCUT2D eigenvalue weighted by Gasteiger charge is -2.14. The van der Waals surface area contributed by atoms with Crippen molar-refractivity contribution in [1.82, 2.24) is 16.1 Å². The molecule has 3 amide bonds. The Bertz CT molecular complexity index is 1100. The van der Waals surface area contributed by atoms with Gasteiger partial charge in [0.2, 0.25) is 5.91 Å². The minimum absolute atomic E-state index is 0.0451. The van der Waals surface area contributed by atoms with E-state index in [2.05, 4.69) is 22.5 Å². The summed E-state index contributed by atoms with van der Waals surface area (Å²) in [4.78, 5) is 35.2. The van der Waals surface area contributed by atoms with Crippen molar-refractivity contribution in [1.29, 1.82) is 5.26 Å². The molecule has 10 heteroatoms. The number of hydrogen-bond donors (Lipinski definition) is 5. The van der Waals surface area contributed by atoms with Gasteiger partial charge < -0.3 is 16.4 Å². The maximum absolute atomic E-state index is 14.4. The predicted octanol–water partition coefficient (Wildman–Crippen LogP) is -0.0297. The Hall–Kier alpha value is -4.25. The van der Waals surface area contributed by atoms with Crippen LogP contribution in [0.3, 0.4) is 0 Å². The molecule has 2 aromatic carbocycles. The number of rotatable bonds is 7. The molecule has 2 rings (SSSR count). The molecule has 2 aromatic rings. The largest absolute Gasteiger partial charge is 0.343 e. The van der Waals surface area contributed by atoms with Gasteiger partial charge in [0.25, 0.3) is 11.8 Å². The van der Waals surface area contributed by atoms with Gasteiger partial charge in [-0.2, -0.15) is 5.26 Å². The van der Waals surface area contributed by atoms with E-state index in [9.17, 15) is 18.8 Å². The lowest BCUT2D eigenvalue weighted by atomic mass is 10.1. The van der Waals surface area contributed by atoms with E-state index in [4.69, 9.17) is 16.2 Å². The van der Waals surface area contributed by atoms with E-state index >= 15 is 0 Å². The van der Waals surface area contributed by atoms with Gasteiger partial charge in [-0.05, 0) is 35.9 Å². The highest BCUT2D eigenvalue weighted by molar-refractivity contribution is 5.97. The zero-order chi connectivity index (χ0) is 23.5. The molecular formula is C22H20FN5O4. The van der Waals surface area contributed by atoms with Gasteiger partial charge in [0, 0.05) is 17.7 Å². The second kappa shape index (κ2) is 11.8. The number of nitrogens with two attached hydrogens (primary N) is 1. The SMILES string of the molecule is N#CCNC(=O)Cc1ccc(C#Cc2ccc(C(=O)N[C@@H](CN)C(=O)NO)cc2F)cc1. The van der Waals surface area contributed by atoms with Crippen LogP contribution in [0.5, 0.6) is 0 Å². The molecule has 164 valence electrons. The molecule has 0 heterocycles. The Morgan fingerprint density at radius 3 is 2.44 bits per heavy atom. The first-order chi connectivity index (χ1) is 15.4. The molecule has 0 saturated carbocycles. The Balaban J connectivity index is 2.06. The molecular weight excluding hydrogens is 417 g/mol. The molecule has 0 bridgehead atoms. The molecule has 0 fully saturated rings. The van der Waals surface area contributed by atoms with E-state index in [1.807, 2.05) is 6.07 Å². The fourth-order valence-corrected chi connectivity index (χ4v) is 2.54. The molecule has 0 spiro atoms. The average Bonchev–Trinajstić information content (AvgIpc) is 2.80. The third-order valence-corrected chi connectivity index (χ3v) is 4.22. The van der Waals surface area contributed by atoms with Crippen LogP contribution in [0.2, 0.25) is 0 Å². The lowest BCUT2D eigenvalue weighted by molar-refractivity contribution is -0.130. The number of benzene rings is 2. The van der Waals surface area contributed by atoms with Crippen molar-refractivity contribution < 1.29 is 24.0 Å². The number of carbonyl (C=O) groups excluding carboxylic acids is 3. The van der Waals surface area contributed by atoms with Crippen molar-refractivity contribution in [3.05, 3.63) is 70.5 Å². The lowest BCUT2D eigenvalue weighted by Crippen LogP contribution is -2.50. The van der Waals surface area contributed by atoms with E-state index in [1.54, 1.807) is 24.3 Å². The Morgan fingerprint density at radius 1 is 1.12 bits per heavy atom. The van der Waals surface area contributed by atoms with Gasteiger partial charge in [0.15, 0.2) is 0 Å². The van der Waals surface area contributed by atoms with Crippen LogP contribution in [0, 0.1) is 29.0 Å². The van der Waals surface area contributed by atoms with Crippen molar-refractivity contribution in [3.63, 3.8) is 0 Å². The van der Waals surface area contributed by atoms with E-state index < -0.39 is 23.7 Å². The monoisotopic (exact) mass is 437 g/mol. The first kappa shape index (κ1) is 24.0. The van der Waals surface area contributed by atoms with E-state index in [0.717, 1.165) is 11.6 Å². The van der Waals surface area contributed by atoms with Gasteiger partial charge in [-0.25, -0.2) is 9.87 Å². The third kappa shape index (κ3) is 6.92. The van der Waals surface area contributed by atoms with Crippen LogP contribution >= 0.6 is 0 Å². The molecule has 0 saturated heterocycles. The van der Waals surface area contributed by atoms with Crippen LogP contribution in [0.4, 0.5) is 4.39 Å². The summed E-state index contributed by atoms with van der Waals surface area (Å²) < 4.78 is 14.4. The number of nitriles is 1. The molecule has 9 nitrogen and oxygen atoms in total. The van der Waals surface area contributed by atoms with Gasteiger partial charge in [-0.1, -0.05) is 24.0 Å². The van der Waals surface area contributed by atoms with Crippen LogP contribution in [-0.4, -0.2) is 42.1 Å². The number of amides is 3. The summed E-state index contributed by atoms with van der Waals surface area (Å²) in [6, 6.07) is 11.1. The van der Waals surface area contributed by atoms with Crippen molar-refractivity contribution >= 4 is 17.7 Å². The van der Waals surface area contributed by atoms with Gasteiger partial charge in [0.05, 0.1) is 18.1 Å². The predicted molar refractivity (Wildman–Crippen MR) is 111 cm³/mol. The normalized spacial score (nSPS) is 10.7. The number of nitrogens with zero attached hydrogens (tertiary/aromatic N) is 1. The van der Waals surface area contributed by atoms with Crippen LogP contribution in [0.1, 0.15) is 27.0 Å². The third-order valence-electron chi connectivity index (χ3n) is 4.22. The summed E-state index contributed by atoms with van der Waals surface area (Å²) in [6.45, 7) is -0.312. The van der Waals surface area contributed by atoms with Crippen LogP contribution in [-0.2, 0) is 16.0 Å². The standard InChI is InChI=1S/C22H20FN5O4/c23-18-12-17(21(30)27-19(13-25)22(31)28-32)8-7-16(18)6-5-14-1-3-15(4-2-14)11-20(29)26-10-9-24/h1-4,7-8,12,19,32H,10-11,13,25H2,(H,26,29)(H,27,30)(H,28,31)/t19-/m0/s1. The van der Waals surface area contributed by atoms with Gasteiger partial charge in [-0.3, -0.25) is 19.6 Å². The minimum Gasteiger partial charge on any atom is -0.343 e. The number of carbonyl (C=O) groups is 3. The molecule has 0 aliphatic carbocycles. The van der Waals surface area contributed by atoms with Crippen molar-refractivity contribution in [2.45, 2.75) is 12.5 Å². The topological polar surface area (TPSA) is 157 Å². The van der Waals surface area contributed by atoms with E-state index in [0.29, 0.717) is 5.56 Å². The maximum Gasteiger partial charge on any atom is 0.267 e. The van der Waals surface area contributed by atoms with Crippen molar-refractivity contribution in [2.75, 3.05) is 13.1 Å².